The Bertz CT molecular complexity index is 846. The van der Waals surface area contributed by atoms with Crippen molar-refractivity contribution in [3.63, 3.8) is 0 Å². The van der Waals surface area contributed by atoms with Gasteiger partial charge in [0.05, 0.1) is 12.2 Å². The van der Waals surface area contributed by atoms with Crippen LogP contribution >= 0.6 is 0 Å². The van der Waals surface area contributed by atoms with Crippen LogP contribution in [0.25, 0.3) is 5.57 Å². The van der Waals surface area contributed by atoms with E-state index in [1.165, 1.54) is 17.2 Å². The molecule has 1 saturated heterocycles. The van der Waals surface area contributed by atoms with Gasteiger partial charge in [0.2, 0.25) is 0 Å². The molecule has 4 rings (SSSR count). The van der Waals surface area contributed by atoms with Gasteiger partial charge in [0.1, 0.15) is 24.5 Å². The number of carbonyl (C=O) groups excluding carboxylic acids is 1. The van der Waals surface area contributed by atoms with Crippen molar-refractivity contribution in [3.05, 3.63) is 47.7 Å². The molecule has 0 bridgehead atoms. The summed E-state index contributed by atoms with van der Waals surface area (Å²) in [5.74, 6) is -1.14. The molecule has 1 aromatic heterocycles. The predicted octanol–water partition coefficient (Wildman–Crippen LogP) is 2.73. The van der Waals surface area contributed by atoms with Crippen molar-refractivity contribution in [2.24, 2.45) is 0 Å². The Morgan fingerprint density at radius 1 is 1.33 bits per heavy atom. The molecule has 1 amide bonds. The van der Waals surface area contributed by atoms with E-state index in [9.17, 15) is 13.6 Å². The van der Waals surface area contributed by atoms with Crippen molar-refractivity contribution >= 4 is 17.4 Å². The first-order valence-electron chi connectivity index (χ1n) is 8.52. The van der Waals surface area contributed by atoms with E-state index >= 15 is 0 Å². The minimum atomic E-state index is -0.701. The van der Waals surface area contributed by atoms with Gasteiger partial charge >= 0.3 is 6.09 Å². The van der Waals surface area contributed by atoms with E-state index in [1.54, 1.807) is 6.08 Å². The van der Waals surface area contributed by atoms with Crippen LogP contribution in [0.2, 0.25) is 0 Å². The maximum atomic E-state index is 14.6. The topological polar surface area (TPSA) is 76.8 Å². The molecule has 1 unspecified atom stereocenters. The number of nitrogens with zero attached hydrogens (tertiary/aromatic N) is 2. The summed E-state index contributed by atoms with van der Waals surface area (Å²) in [6.45, 7) is 1.40. The van der Waals surface area contributed by atoms with Gasteiger partial charge in [0.25, 0.3) is 5.88 Å². The van der Waals surface area contributed by atoms with Crippen molar-refractivity contribution in [3.8, 4) is 5.88 Å². The Hall–Kier alpha value is -2.94. The molecule has 1 atom stereocenters. The summed E-state index contributed by atoms with van der Waals surface area (Å²) < 4.78 is 44.3. The van der Waals surface area contributed by atoms with E-state index in [1.807, 2.05) is 0 Å². The van der Waals surface area contributed by atoms with Gasteiger partial charge in [-0.05, 0) is 35.8 Å². The smallest absolute Gasteiger partial charge is 0.414 e. The number of rotatable bonds is 5. The fraction of sp³-hybridized carbons (Fsp3) is 0.333. The summed E-state index contributed by atoms with van der Waals surface area (Å²) in [4.78, 5) is 13.3. The molecule has 27 heavy (non-hydrogen) atoms. The van der Waals surface area contributed by atoms with Gasteiger partial charge in [-0.25, -0.2) is 13.6 Å². The summed E-state index contributed by atoms with van der Waals surface area (Å²) in [7, 11) is 0. The average Bonchev–Trinajstić information content (AvgIpc) is 3.29. The Morgan fingerprint density at radius 2 is 2.15 bits per heavy atom. The number of hydrogen-bond donors (Lipinski definition) is 1. The van der Waals surface area contributed by atoms with Crippen molar-refractivity contribution in [1.29, 1.82) is 0 Å². The molecular formula is C18H17F2N3O4. The van der Waals surface area contributed by atoms with Crippen molar-refractivity contribution < 1.29 is 27.6 Å². The highest BCUT2D eigenvalue weighted by Gasteiger charge is 2.34. The SMILES string of the molecule is O=C1OC(COc2ccon2)CN1c1cc(F)c(C2=CCNCC2)c(F)c1. The fourth-order valence-corrected chi connectivity index (χ4v) is 3.15. The van der Waals surface area contributed by atoms with Crippen molar-refractivity contribution in [1.82, 2.24) is 10.5 Å². The molecule has 1 N–H and O–H groups in total. The number of aromatic nitrogens is 1. The maximum absolute atomic E-state index is 14.6. The molecule has 3 heterocycles. The molecule has 0 spiro atoms. The Balaban J connectivity index is 1.49. The van der Waals surface area contributed by atoms with Gasteiger partial charge in [-0.2, -0.15) is 0 Å². The summed E-state index contributed by atoms with van der Waals surface area (Å²) in [5.41, 5.74) is 0.689. The number of cyclic esters (lactones) is 1. The molecule has 2 aromatic rings. The predicted molar refractivity (Wildman–Crippen MR) is 91.4 cm³/mol. The number of nitrogens with one attached hydrogen (secondary N) is 1. The lowest BCUT2D eigenvalue weighted by atomic mass is 9.98. The lowest BCUT2D eigenvalue weighted by Gasteiger charge is -2.18. The van der Waals surface area contributed by atoms with Gasteiger partial charge in [0.15, 0.2) is 6.10 Å². The van der Waals surface area contributed by atoms with Gasteiger partial charge in [-0.15, -0.1) is 0 Å². The van der Waals surface area contributed by atoms with Crippen LogP contribution in [-0.2, 0) is 4.74 Å². The Kier molecular flexibility index (Phi) is 4.76. The highest BCUT2D eigenvalue weighted by atomic mass is 19.1. The van der Waals surface area contributed by atoms with E-state index in [2.05, 4.69) is 15.0 Å². The lowest BCUT2D eigenvalue weighted by Crippen LogP contribution is -2.27. The van der Waals surface area contributed by atoms with Crippen LogP contribution in [-0.4, -0.2) is 43.6 Å². The molecule has 2 aliphatic heterocycles. The third-order valence-corrected chi connectivity index (χ3v) is 4.43. The molecule has 142 valence electrons. The highest BCUT2D eigenvalue weighted by molar-refractivity contribution is 5.90. The fourth-order valence-electron chi connectivity index (χ4n) is 3.15. The van der Waals surface area contributed by atoms with Gasteiger partial charge in [-0.3, -0.25) is 4.90 Å². The number of benzene rings is 1. The first kappa shape index (κ1) is 17.5. The first-order valence-corrected chi connectivity index (χ1v) is 8.52. The number of halogens is 2. The zero-order valence-electron chi connectivity index (χ0n) is 14.3. The van der Waals surface area contributed by atoms with E-state index in [4.69, 9.17) is 9.47 Å². The van der Waals surface area contributed by atoms with Crippen molar-refractivity contribution in [2.45, 2.75) is 12.5 Å². The van der Waals surface area contributed by atoms with E-state index in [0.29, 0.717) is 25.1 Å². The zero-order valence-corrected chi connectivity index (χ0v) is 14.3. The standard InChI is InChI=1S/C18H17F2N3O4/c19-14-7-12(8-15(20)17(14)11-1-4-21-5-2-11)23-9-13(27-18(23)24)10-25-16-3-6-26-22-16/h1,3,6-8,13,21H,2,4-5,9-10H2. The molecule has 7 nitrogen and oxygen atoms in total. The monoisotopic (exact) mass is 377 g/mol. The Morgan fingerprint density at radius 3 is 2.81 bits per heavy atom. The number of anilines is 1. The van der Waals surface area contributed by atoms with Crippen LogP contribution in [0.15, 0.2) is 35.1 Å². The van der Waals surface area contributed by atoms with E-state index < -0.39 is 23.8 Å². The average molecular weight is 377 g/mol. The van der Waals surface area contributed by atoms with Crippen LogP contribution < -0.4 is 15.0 Å². The molecular weight excluding hydrogens is 360 g/mol. The lowest BCUT2D eigenvalue weighted by molar-refractivity contribution is 0.102. The van der Waals surface area contributed by atoms with Gasteiger partial charge in [0, 0.05) is 18.2 Å². The molecule has 2 aliphatic rings. The maximum Gasteiger partial charge on any atom is 0.414 e. The second-order valence-electron chi connectivity index (χ2n) is 6.23. The third-order valence-electron chi connectivity index (χ3n) is 4.43. The molecule has 9 heteroatoms. The van der Waals surface area contributed by atoms with Crippen LogP contribution in [0.1, 0.15) is 12.0 Å². The minimum absolute atomic E-state index is 0.0428. The second-order valence-corrected chi connectivity index (χ2v) is 6.23. The molecule has 0 aliphatic carbocycles. The number of carbonyl (C=O) groups is 1. The molecule has 0 saturated carbocycles. The summed E-state index contributed by atoms with van der Waals surface area (Å²) in [5, 5.41) is 6.69. The van der Waals surface area contributed by atoms with Gasteiger partial charge in [-0.1, -0.05) is 6.08 Å². The third kappa shape index (κ3) is 3.63. The molecule has 1 fully saturated rings. The highest BCUT2D eigenvalue weighted by Crippen LogP contribution is 2.31. The van der Waals surface area contributed by atoms with Crippen LogP contribution in [0.3, 0.4) is 0 Å². The number of amides is 1. The quantitative estimate of drug-likeness (QED) is 0.864. The number of hydrogen-bond acceptors (Lipinski definition) is 6. The Labute approximate surface area is 153 Å². The van der Waals surface area contributed by atoms with Crippen LogP contribution in [0.5, 0.6) is 5.88 Å². The second kappa shape index (κ2) is 7.36. The van der Waals surface area contributed by atoms with E-state index in [0.717, 1.165) is 12.1 Å². The van der Waals surface area contributed by atoms with Crippen LogP contribution in [0, 0.1) is 11.6 Å². The first-order chi connectivity index (χ1) is 13.1. The summed E-state index contributed by atoms with van der Waals surface area (Å²) >= 11 is 0. The van der Waals surface area contributed by atoms with Crippen LogP contribution in [0.4, 0.5) is 19.3 Å². The largest absolute Gasteiger partial charge is 0.471 e. The minimum Gasteiger partial charge on any atom is -0.471 e. The van der Waals surface area contributed by atoms with Gasteiger partial charge < -0.3 is 19.3 Å². The molecule has 0 radical (unpaired) electrons. The van der Waals surface area contributed by atoms with E-state index in [-0.39, 0.29) is 30.3 Å². The summed E-state index contributed by atoms with van der Waals surface area (Å²) in [6.07, 6.45) is 2.39. The number of ether oxygens (including phenoxy) is 2. The van der Waals surface area contributed by atoms with Crippen molar-refractivity contribution in [2.75, 3.05) is 31.1 Å². The molecule has 1 aromatic carbocycles. The normalized spacial score (nSPS) is 19.8. The zero-order chi connectivity index (χ0) is 18.8. The summed E-state index contributed by atoms with van der Waals surface area (Å²) in [6, 6.07) is 3.83.